The van der Waals surface area contributed by atoms with Crippen LogP contribution in [0.1, 0.15) is 30.6 Å². The highest BCUT2D eigenvalue weighted by molar-refractivity contribution is 5.95. The number of ether oxygens (including phenoxy) is 2. The predicted molar refractivity (Wildman–Crippen MR) is 140 cm³/mol. The number of carbonyl (C=O) groups excluding carboxylic acids is 3. The van der Waals surface area contributed by atoms with Crippen LogP contribution in [0.2, 0.25) is 0 Å². The Morgan fingerprint density at radius 3 is 2.90 bits per heavy atom. The standard InChI is InChI=1S/C26H31F2N7O5/c1-13(34(2)3)24(37)31-15-7-18-17(19(27)8-15)6-14(22(18)28)9-29-5-4-16-11-35(26(38)40-16)20-10-30-25-23(32-20)33-21(36)12-39-25/h7-8,10,13-14,16,22,29H,4-6,9,11-12H2,1-3H3,(H,31,37)(H,32,33,36)/t13?,14?,16-,22?/m1/s1. The molecule has 1 aliphatic carbocycles. The minimum Gasteiger partial charge on any atom is -0.465 e. The summed E-state index contributed by atoms with van der Waals surface area (Å²) in [5, 5.41) is 8.41. The number of aromatic nitrogens is 2. The second-order valence-electron chi connectivity index (χ2n) is 10.3. The van der Waals surface area contributed by atoms with E-state index in [-0.39, 0.29) is 60.2 Å². The number of halogens is 2. The number of benzene rings is 1. The average molecular weight is 560 g/mol. The highest BCUT2D eigenvalue weighted by atomic mass is 19.1. The fourth-order valence-electron chi connectivity index (χ4n) is 4.87. The molecule has 12 nitrogen and oxygen atoms in total. The number of hydrogen-bond acceptors (Lipinski definition) is 9. The molecule has 3 unspecified atom stereocenters. The van der Waals surface area contributed by atoms with Crippen molar-refractivity contribution in [3.8, 4) is 5.88 Å². The first-order valence-electron chi connectivity index (χ1n) is 13.0. The van der Waals surface area contributed by atoms with Gasteiger partial charge in [0, 0.05) is 18.2 Å². The number of cyclic esters (lactones) is 1. The molecule has 0 spiro atoms. The van der Waals surface area contributed by atoms with Crippen LogP contribution in [0.25, 0.3) is 0 Å². The SMILES string of the molecule is CC(C(=O)Nc1cc(F)c2c(c1)C(F)C(CNCC[C@@H]1CN(c3cnc4c(n3)NC(=O)CO4)C(=O)O1)C2)N(C)C. The third-order valence-corrected chi connectivity index (χ3v) is 7.35. The summed E-state index contributed by atoms with van der Waals surface area (Å²) in [6.07, 6.45) is -0.329. The highest BCUT2D eigenvalue weighted by Crippen LogP contribution is 2.41. The minimum atomic E-state index is -1.38. The molecule has 5 rings (SSSR count). The van der Waals surface area contributed by atoms with Crippen molar-refractivity contribution in [2.24, 2.45) is 5.92 Å². The van der Waals surface area contributed by atoms with Gasteiger partial charge in [-0.25, -0.2) is 23.5 Å². The van der Waals surface area contributed by atoms with Crippen molar-refractivity contribution in [2.75, 3.05) is 55.9 Å². The van der Waals surface area contributed by atoms with E-state index in [1.807, 2.05) is 0 Å². The molecule has 0 bridgehead atoms. The van der Waals surface area contributed by atoms with Crippen LogP contribution in [0, 0.1) is 11.7 Å². The zero-order chi connectivity index (χ0) is 28.6. The lowest BCUT2D eigenvalue weighted by Crippen LogP contribution is -2.37. The zero-order valence-electron chi connectivity index (χ0n) is 22.4. The molecule has 0 radical (unpaired) electrons. The van der Waals surface area contributed by atoms with Gasteiger partial charge in [-0.2, -0.15) is 0 Å². The van der Waals surface area contributed by atoms with Crippen LogP contribution in [0.5, 0.6) is 5.88 Å². The fourth-order valence-corrected chi connectivity index (χ4v) is 4.87. The lowest BCUT2D eigenvalue weighted by Gasteiger charge is -2.19. The largest absolute Gasteiger partial charge is 0.465 e. The van der Waals surface area contributed by atoms with E-state index in [2.05, 4.69) is 25.9 Å². The Morgan fingerprint density at radius 2 is 2.12 bits per heavy atom. The van der Waals surface area contributed by atoms with Crippen LogP contribution in [0.3, 0.4) is 0 Å². The quantitative estimate of drug-likeness (QED) is 0.394. The lowest BCUT2D eigenvalue weighted by atomic mass is 10.0. The van der Waals surface area contributed by atoms with E-state index in [4.69, 9.17) is 9.47 Å². The number of anilines is 3. The van der Waals surface area contributed by atoms with Gasteiger partial charge in [0.1, 0.15) is 18.1 Å². The Bertz CT molecular complexity index is 1330. The summed E-state index contributed by atoms with van der Waals surface area (Å²) in [5.74, 6) is -1.13. The number of amides is 3. The molecule has 3 amide bonds. The molecule has 14 heteroatoms. The van der Waals surface area contributed by atoms with E-state index in [1.54, 1.807) is 25.9 Å². The first-order valence-corrected chi connectivity index (χ1v) is 13.0. The molecule has 214 valence electrons. The third-order valence-electron chi connectivity index (χ3n) is 7.35. The normalized spacial score (nSPS) is 22.4. The molecular weight excluding hydrogens is 528 g/mol. The van der Waals surface area contributed by atoms with Crippen LogP contribution in [0.15, 0.2) is 18.3 Å². The van der Waals surface area contributed by atoms with Gasteiger partial charge < -0.3 is 25.4 Å². The second-order valence-corrected chi connectivity index (χ2v) is 10.3. The Labute approximate surface area is 229 Å². The molecular formula is C26H31F2N7O5. The summed E-state index contributed by atoms with van der Waals surface area (Å²) in [6, 6.07) is 2.32. The molecule has 3 N–H and O–H groups in total. The highest BCUT2D eigenvalue weighted by Gasteiger charge is 2.36. The lowest BCUT2D eigenvalue weighted by molar-refractivity contribution is -0.120. The van der Waals surface area contributed by atoms with Crippen molar-refractivity contribution in [1.29, 1.82) is 0 Å². The average Bonchev–Trinajstić information content (AvgIpc) is 3.45. The summed E-state index contributed by atoms with van der Waals surface area (Å²) in [7, 11) is 3.52. The Morgan fingerprint density at radius 1 is 1.32 bits per heavy atom. The van der Waals surface area contributed by atoms with E-state index >= 15 is 4.39 Å². The van der Waals surface area contributed by atoms with Crippen LogP contribution in [-0.2, 0) is 20.7 Å². The number of fused-ring (bicyclic) bond motifs is 2. The maximum Gasteiger partial charge on any atom is 0.415 e. The maximum absolute atomic E-state index is 15.3. The third kappa shape index (κ3) is 5.68. The van der Waals surface area contributed by atoms with Gasteiger partial charge >= 0.3 is 6.09 Å². The molecule has 40 heavy (non-hydrogen) atoms. The number of carbonyl (C=O) groups is 3. The van der Waals surface area contributed by atoms with Crippen LogP contribution in [-0.4, -0.2) is 85.3 Å². The summed E-state index contributed by atoms with van der Waals surface area (Å²) in [6.45, 7) is 2.55. The molecule has 1 fully saturated rings. The summed E-state index contributed by atoms with van der Waals surface area (Å²) in [4.78, 5) is 47.7. The van der Waals surface area contributed by atoms with E-state index in [1.165, 1.54) is 23.2 Å². The predicted octanol–water partition coefficient (Wildman–Crippen LogP) is 2.02. The van der Waals surface area contributed by atoms with Gasteiger partial charge in [-0.05, 0) is 63.7 Å². The van der Waals surface area contributed by atoms with Gasteiger partial charge in [0.15, 0.2) is 18.2 Å². The van der Waals surface area contributed by atoms with Crippen LogP contribution >= 0.6 is 0 Å². The van der Waals surface area contributed by atoms with E-state index < -0.39 is 36.1 Å². The number of nitrogens with zero attached hydrogens (tertiary/aromatic N) is 4. The summed E-state index contributed by atoms with van der Waals surface area (Å²) in [5.41, 5.74) is 0.816. The Kier molecular flexibility index (Phi) is 7.81. The first kappa shape index (κ1) is 27.6. The Balaban J connectivity index is 1.11. The van der Waals surface area contributed by atoms with Gasteiger partial charge in [0.25, 0.3) is 11.8 Å². The van der Waals surface area contributed by atoms with Crippen molar-refractivity contribution >= 4 is 35.2 Å². The molecule has 1 aromatic heterocycles. The number of nitrogens with one attached hydrogen (secondary N) is 3. The molecule has 2 aromatic rings. The van der Waals surface area contributed by atoms with E-state index in [0.29, 0.717) is 25.1 Å². The fraction of sp³-hybridized carbons (Fsp3) is 0.500. The van der Waals surface area contributed by atoms with Crippen molar-refractivity contribution < 1.29 is 32.6 Å². The molecule has 1 aromatic carbocycles. The molecule has 4 atom stereocenters. The van der Waals surface area contributed by atoms with E-state index in [0.717, 1.165) is 0 Å². The minimum absolute atomic E-state index is 0.138. The van der Waals surface area contributed by atoms with Gasteiger partial charge in [-0.3, -0.25) is 19.4 Å². The first-order chi connectivity index (χ1) is 19.1. The van der Waals surface area contributed by atoms with Crippen molar-refractivity contribution in [2.45, 2.75) is 38.1 Å². The second kappa shape index (κ2) is 11.3. The van der Waals surface area contributed by atoms with Crippen LogP contribution in [0.4, 0.5) is 30.9 Å². The maximum atomic E-state index is 15.3. The zero-order valence-corrected chi connectivity index (χ0v) is 22.4. The molecule has 1 saturated heterocycles. The topological polar surface area (TPSA) is 138 Å². The smallest absolute Gasteiger partial charge is 0.415 e. The Hall–Kier alpha value is -3.91. The number of likely N-dealkylation sites (N-methyl/N-ethyl adjacent to an activating group) is 1. The molecule has 3 aliphatic rings. The van der Waals surface area contributed by atoms with Gasteiger partial charge in [0.05, 0.1) is 18.8 Å². The monoisotopic (exact) mass is 559 g/mol. The van der Waals surface area contributed by atoms with Crippen molar-refractivity contribution in [3.63, 3.8) is 0 Å². The van der Waals surface area contributed by atoms with Gasteiger partial charge in [0.2, 0.25) is 5.91 Å². The molecule has 0 saturated carbocycles. The van der Waals surface area contributed by atoms with Gasteiger partial charge in [-0.15, -0.1) is 0 Å². The number of hydrogen-bond donors (Lipinski definition) is 3. The number of rotatable bonds is 9. The van der Waals surface area contributed by atoms with Crippen molar-refractivity contribution in [1.82, 2.24) is 20.2 Å². The number of alkyl halides is 1. The summed E-state index contributed by atoms with van der Waals surface area (Å²) < 4.78 is 40.7. The van der Waals surface area contributed by atoms with Gasteiger partial charge in [-0.1, -0.05) is 0 Å². The van der Waals surface area contributed by atoms with E-state index in [9.17, 15) is 18.8 Å². The molecule has 2 aliphatic heterocycles. The van der Waals surface area contributed by atoms with Crippen molar-refractivity contribution in [3.05, 3.63) is 35.3 Å². The van der Waals surface area contributed by atoms with Crippen LogP contribution < -0.4 is 25.6 Å². The molecule has 3 heterocycles. The summed E-state index contributed by atoms with van der Waals surface area (Å²) >= 11 is 0.